The van der Waals surface area contributed by atoms with E-state index in [2.05, 4.69) is 19.2 Å². The van der Waals surface area contributed by atoms with Gasteiger partial charge in [0.2, 0.25) is 5.91 Å². The van der Waals surface area contributed by atoms with Gasteiger partial charge >= 0.3 is 0 Å². The number of amides is 1. The molecule has 1 fully saturated rings. The highest BCUT2D eigenvalue weighted by atomic mass is 19.1. The van der Waals surface area contributed by atoms with E-state index in [1.807, 2.05) is 0 Å². The molecule has 116 valence electrons. The van der Waals surface area contributed by atoms with Crippen molar-refractivity contribution in [3.63, 3.8) is 0 Å². The summed E-state index contributed by atoms with van der Waals surface area (Å²) < 4.78 is 26.5. The van der Waals surface area contributed by atoms with Crippen LogP contribution in [0.4, 0.5) is 8.78 Å². The van der Waals surface area contributed by atoms with Crippen molar-refractivity contribution in [1.82, 2.24) is 10.2 Å². The normalized spacial score (nSPS) is 22.4. The fraction of sp³-hybridized carbons (Fsp3) is 0.562. The summed E-state index contributed by atoms with van der Waals surface area (Å²) in [6, 6.07) is 3.78. The largest absolute Gasteiger partial charge is 0.342 e. The Kier molecular flexibility index (Phi) is 5.28. The smallest absolute Gasteiger partial charge is 0.227 e. The average Bonchev–Trinajstić information content (AvgIpc) is 2.44. The first-order chi connectivity index (χ1) is 10.0. The lowest BCUT2D eigenvalue weighted by molar-refractivity contribution is -0.132. The van der Waals surface area contributed by atoms with Crippen molar-refractivity contribution in [2.45, 2.75) is 32.7 Å². The van der Waals surface area contributed by atoms with E-state index in [-0.39, 0.29) is 17.9 Å². The number of hydrogen-bond donors (Lipinski definition) is 1. The van der Waals surface area contributed by atoms with Gasteiger partial charge in [-0.3, -0.25) is 4.79 Å². The Balaban J connectivity index is 1.95. The van der Waals surface area contributed by atoms with Crippen LogP contribution in [0.15, 0.2) is 18.2 Å². The molecule has 2 atom stereocenters. The zero-order valence-electron chi connectivity index (χ0n) is 12.5. The molecular formula is C16H22F2N2O. The van der Waals surface area contributed by atoms with Crippen LogP contribution in [0.25, 0.3) is 0 Å². The van der Waals surface area contributed by atoms with Gasteiger partial charge in [0, 0.05) is 25.2 Å². The molecule has 2 rings (SSSR count). The number of rotatable bonds is 4. The number of piperidine rings is 1. The lowest BCUT2D eigenvalue weighted by Gasteiger charge is -2.37. The second kappa shape index (κ2) is 6.98. The van der Waals surface area contributed by atoms with E-state index >= 15 is 0 Å². The number of nitrogens with one attached hydrogen (secondary N) is 1. The van der Waals surface area contributed by atoms with Gasteiger partial charge in [0.25, 0.3) is 0 Å². The maximum atomic E-state index is 13.6. The van der Waals surface area contributed by atoms with E-state index in [1.54, 1.807) is 4.90 Å². The molecule has 5 heteroatoms. The van der Waals surface area contributed by atoms with Crippen LogP contribution in [0.2, 0.25) is 0 Å². The zero-order valence-corrected chi connectivity index (χ0v) is 12.5. The lowest BCUT2D eigenvalue weighted by atomic mass is 9.93. The third-order valence-corrected chi connectivity index (χ3v) is 4.08. The average molecular weight is 296 g/mol. The Labute approximate surface area is 124 Å². The number of carbonyl (C=O) groups excluding carboxylic acids is 1. The molecule has 1 aliphatic rings. The van der Waals surface area contributed by atoms with Crippen LogP contribution < -0.4 is 5.32 Å². The molecule has 1 amide bonds. The summed E-state index contributed by atoms with van der Waals surface area (Å²) in [7, 11) is 0. The van der Waals surface area contributed by atoms with Crippen LogP contribution in [0.3, 0.4) is 0 Å². The second-order valence-corrected chi connectivity index (χ2v) is 5.68. The van der Waals surface area contributed by atoms with Gasteiger partial charge in [-0.2, -0.15) is 0 Å². The molecule has 0 saturated carbocycles. The minimum absolute atomic E-state index is 0.00922. The highest BCUT2D eigenvalue weighted by molar-refractivity contribution is 5.79. The Morgan fingerprint density at radius 3 is 2.81 bits per heavy atom. The predicted octanol–water partition coefficient (Wildman–Crippen LogP) is 2.35. The zero-order chi connectivity index (χ0) is 15.4. The van der Waals surface area contributed by atoms with Crippen molar-refractivity contribution in [1.29, 1.82) is 0 Å². The molecule has 1 aromatic rings. The first-order valence-corrected chi connectivity index (χ1v) is 7.46. The van der Waals surface area contributed by atoms with Crippen LogP contribution in [0.5, 0.6) is 0 Å². The molecule has 3 nitrogen and oxygen atoms in total. The minimum atomic E-state index is -0.654. The highest BCUT2D eigenvalue weighted by Gasteiger charge is 2.28. The van der Waals surface area contributed by atoms with Gasteiger partial charge in [-0.25, -0.2) is 8.78 Å². The summed E-state index contributed by atoms with van der Waals surface area (Å²) in [5.41, 5.74) is 0.253. The number of benzene rings is 1. The summed E-state index contributed by atoms with van der Waals surface area (Å²) in [5.74, 6) is -0.995. The number of carbonyl (C=O) groups is 1. The Morgan fingerprint density at radius 2 is 2.19 bits per heavy atom. The van der Waals surface area contributed by atoms with Gasteiger partial charge in [0.15, 0.2) is 0 Å². The standard InChI is InChI=1S/C16H22F2N2O/c1-3-19-15-6-7-20(10-11(15)2)16(21)8-12-4-5-13(17)9-14(12)18/h4-5,9,11,15,19H,3,6-8,10H2,1-2H3. The number of halogens is 2. The van der Waals surface area contributed by atoms with Gasteiger partial charge < -0.3 is 10.2 Å². The van der Waals surface area contributed by atoms with E-state index in [4.69, 9.17) is 0 Å². The van der Waals surface area contributed by atoms with E-state index in [0.29, 0.717) is 25.0 Å². The van der Waals surface area contributed by atoms with Gasteiger partial charge in [0.05, 0.1) is 6.42 Å². The second-order valence-electron chi connectivity index (χ2n) is 5.68. The summed E-state index contributed by atoms with van der Waals surface area (Å²) in [6.45, 7) is 6.47. The predicted molar refractivity (Wildman–Crippen MR) is 77.9 cm³/mol. The molecule has 0 aromatic heterocycles. The molecule has 1 saturated heterocycles. The van der Waals surface area contributed by atoms with E-state index in [1.165, 1.54) is 12.1 Å². The Hall–Kier alpha value is -1.49. The van der Waals surface area contributed by atoms with Crippen LogP contribution >= 0.6 is 0 Å². The van der Waals surface area contributed by atoms with Gasteiger partial charge in [-0.05, 0) is 30.5 Å². The first-order valence-electron chi connectivity index (χ1n) is 7.46. The van der Waals surface area contributed by atoms with Gasteiger partial charge in [-0.1, -0.05) is 19.9 Å². The summed E-state index contributed by atoms with van der Waals surface area (Å²) in [5, 5.41) is 3.42. The molecule has 1 aromatic carbocycles. The monoisotopic (exact) mass is 296 g/mol. The molecule has 0 bridgehead atoms. The summed E-state index contributed by atoms with van der Waals surface area (Å²) >= 11 is 0. The van der Waals surface area contributed by atoms with Crippen LogP contribution in [0.1, 0.15) is 25.8 Å². The van der Waals surface area contributed by atoms with Crippen molar-refractivity contribution >= 4 is 5.91 Å². The van der Waals surface area contributed by atoms with Crippen molar-refractivity contribution in [2.24, 2.45) is 5.92 Å². The fourth-order valence-corrected chi connectivity index (χ4v) is 2.88. The van der Waals surface area contributed by atoms with E-state index in [9.17, 15) is 13.6 Å². The number of hydrogen-bond acceptors (Lipinski definition) is 2. The molecule has 1 N–H and O–H groups in total. The minimum Gasteiger partial charge on any atom is -0.342 e. The SMILES string of the molecule is CCNC1CCN(C(=O)Cc2ccc(F)cc2F)CC1C. The van der Waals surface area contributed by atoms with Crippen molar-refractivity contribution in [2.75, 3.05) is 19.6 Å². The van der Waals surface area contributed by atoms with Crippen molar-refractivity contribution in [3.05, 3.63) is 35.4 Å². The Bertz CT molecular complexity index is 507. The third-order valence-electron chi connectivity index (χ3n) is 4.08. The molecule has 1 heterocycles. The van der Waals surface area contributed by atoms with Crippen LogP contribution in [-0.4, -0.2) is 36.5 Å². The molecule has 0 aliphatic carbocycles. The topological polar surface area (TPSA) is 32.3 Å². The molecule has 0 spiro atoms. The van der Waals surface area contributed by atoms with Gasteiger partial charge in [0.1, 0.15) is 11.6 Å². The molecule has 0 radical (unpaired) electrons. The van der Waals surface area contributed by atoms with Gasteiger partial charge in [-0.15, -0.1) is 0 Å². The fourth-order valence-electron chi connectivity index (χ4n) is 2.88. The number of nitrogens with zero attached hydrogens (tertiary/aromatic N) is 1. The van der Waals surface area contributed by atoms with Crippen molar-refractivity contribution in [3.8, 4) is 0 Å². The summed E-state index contributed by atoms with van der Waals surface area (Å²) in [4.78, 5) is 14.0. The van der Waals surface area contributed by atoms with E-state index in [0.717, 1.165) is 19.0 Å². The van der Waals surface area contributed by atoms with E-state index < -0.39 is 11.6 Å². The van der Waals surface area contributed by atoms with Crippen LogP contribution in [-0.2, 0) is 11.2 Å². The quantitative estimate of drug-likeness (QED) is 0.925. The summed E-state index contributed by atoms with van der Waals surface area (Å²) in [6.07, 6.45) is 0.900. The third kappa shape index (κ3) is 4.00. The Morgan fingerprint density at radius 1 is 1.43 bits per heavy atom. The first kappa shape index (κ1) is 15.9. The maximum absolute atomic E-state index is 13.6. The molecule has 1 aliphatic heterocycles. The molecular weight excluding hydrogens is 274 g/mol. The maximum Gasteiger partial charge on any atom is 0.227 e. The highest BCUT2D eigenvalue weighted by Crippen LogP contribution is 2.18. The van der Waals surface area contributed by atoms with Crippen LogP contribution in [0, 0.1) is 17.6 Å². The molecule has 21 heavy (non-hydrogen) atoms. The van der Waals surface area contributed by atoms with Crippen molar-refractivity contribution < 1.29 is 13.6 Å². The molecule has 2 unspecified atom stereocenters. The lowest BCUT2D eigenvalue weighted by Crippen LogP contribution is -2.50. The number of likely N-dealkylation sites (tertiary alicyclic amines) is 1.